The number of hydrogen-bond donors (Lipinski definition) is 1. The molecule has 0 aliphatic heterocycles. The van der Waals surface area contributed by atoms with Crippen LogP contribution in [0, 0.1) is 0 Å². The van der Waals surface area contributed by atoms with E-state index in [2.05, 4.69) is 20.2 Å². The number of nitrogens with one attached hydrogen (secondary N) is 1. The monoisotopic (exact) mass is 166 g/mol. The van der Waals surface area contributed by atoms with E-state index in [0.29, 0.717) is 0 Å². The van der Waals surface area contributed by atoms with Crippen LogP contribution in [-0.4, -0.2) is 42.1 Å². The van der Waals surface area contributed by atoms with Crippen molar-refractivity contribution >= 4 is 5.82 Å². The average Bonchev–Trinajstić information content (AvgIpc) is 2.05. The van der Waals surface area contributed by atoms with Gasteiger partial charge in [-0.1, -0.05) is 0 Å². The molecule has 0 fully saturated rings. The first-order chi connectivity index (χ1) is 5.79. The zero-order chi connectivity index (χ0) is 8.81. The lowest BCUT2D eigenvalue weighted by Crippen LogP contribution is -2.21. The van der Waals surface area contributed by atoms with E-state index < -0.39 is 0 Å². The van der Waals surface area contributed by atoms with E-state index in [1.54, 1.807) is 6.20 Å². The second-order valence-corrected chi connectivity index (χ2v) is 2.82. The number of nitrogens with zero attached hydrogens (tertiary/aromatic N) is 3. The highest BCUT2D eigenvalue weighted by Gasteiger charge is 1.91. The molecule has 4 heteroatoms. The summed E-state index contributed by atoms with van der Waals surface area (Å²) in [4.78, 5) is 9.98. The maximum absolute atomic E-state index is 4.03. The summed E-state index contributed by atoms with van der Waals surface area (Å²) in [5.74, 6) is 0.881. The third-order valence-electron chi connectivity index (χ3n) is 1.45. The standard InChI is InChI=1S/C8H14N4/c1-12(2)6-5-10-8-3-4-9-7-11-8/h3-4,7H,5-6H2,1-2H3,(H,9,10,11). The Bertz CT molecular complexity index is 210. The Balaban J connectivity index is 2.25. The molecule has 0 unspecified atom stereocenters. The lowest BCUT2D eigenvalue weighted by Gasteiger charge is -2.09. The van der Waals surface area contributed by atoms with E-state index in [1.807, 2.05) is 20.2 Å². The van der Waals surface area contributed by atoms with E-state index in [4.69, 9.17) is 0 Å². The molecular formula is C8H14N4. The van der Waals surface area contributed by atoms with Gasteiger partial charge in [-0.2, -0.15) is 0 Å². The van der Waals surface area contributed by atoms with E-state index >= 15 is 0 Å². The van der Waals surface area contributed by atoms with Crippen molar-refractivity contribution in [2.24, 2.45) is 0 Å². The first-order valence-corrected chi connectivity index (χ1v) is 3.93. The fraction of sp³-hybridized carbons (Fsp3) is 0.500. The molecule has 0 atom stereocenters. The Morgan fingerprint density at radius 2 is 2.33 bits per heavy atom. The molecule has 0 saturated heterocycles. The van der Waals surface area contributed by atoms with Gasteiger partial charge in [0.1, 0.15) is 12.1 Å². The first kappa shape index (κ1) is 8.93. The fourth-order valence-corrected chi connectivity index (χ4v) is 0.803. The third kappa shape index (κ3) is 3.30. The highest BCUT2D eigenvalue weighted by molar-refractivity contribution is 5.31. The van der Waals surface area contributed by atoms with E-state index in [1.165, 1.54) is 6.33 Å². The SMILES string of the molecule is CN(C)CCNc1ccncn1. The van der Waals surface area contributed by atoms with Crippen LogP contribution in [0.1, 0.15) is 0 Å². The van der Waals surface area contributed by atoms with Gasteiger partial charge < -0.3 is 10.2 Å². The maximum atomic E-state index is 4.03. The predicted octanol–water partition coefficient (Wildman–Crippen LogP) is 0.450. The molecule has 0 bridgehead atoms. The minimum Gasteiger partial charge on any atom is -0.369 e. The Morgan fingerprint density at radius 3 is 2.92 bits per heavy atom. The number of aromatic nitrogens is 2. The van der Waals surface area contributed by atoms with Crippen LogP contribution < -0.4 is 5.32 Å². The Hall–Kier alpha value is -1.16. The van der Waals surface area contributed by atoms with Crippen LogP contribution in [0.3, 0.4) is 0 Å². The topological polar surface area (TPSA) is 41.0 Å². The van der Waals surface area contributed by atoms with Crippen molar-refractivity contribution in [3.63, 3.8) is 0 Å². The third-order valence-corrected chi connectivity index (χ3v) is 1.45. The number of likely N-dealkylation sites (N-methyl/N-ethyl adjacent to an activating group) is 1. The summed E-state index contributed by atoms with van der Waals surface area (Å²) in [6.07, 6.45) is 3.27. The van der Waals surface area contributed by atoms with Crippen LogP contribution in [-0.2, 0) is 0 Å². The van der Waals surface area contributed by atoms with Crippen molar-refractivity contribution in [2.75, 3.05) is 32.5 Å². The molecular weight excluding hydrogens is 152 g/mol. The Labute approximate surface area is 72.6 Å². The molecule has 4 nitrogen and oxygen atoms in total. The van der Waals surface area contributed by atoms with Crippen LogP contribution in [0.15, 0.2) is 18.6 Å². The summed E-state index contributed by atoms with van der Waals surface area (Å²) in [6, 6.07) is 1.86. The largest absolute Gasteiger partial charge is 0.369 e. The van der Waals surface area contributed by atoms with Gasteiger partial charge in [-0.25, -0.2) is 9.97 Å². The number of hydrogen-bond acceptors (Lipinski definition) is 4. The summed E-state index contributed by atoms with van der Waals surface area (Å²) >= 11 is 0. The molecule has 0 spiro atoms. The first-order valence-electron chi connectivity index (χ1n) is 3.93. The smallest absolute Gasteiger partial charge is 0.129 e. The minimum atomic E-state index is 0.881. The molecule has 0 aliphatic rings. The van der Waals surface area contributed by atoms with Gasteiger partial charge in [0.05, 0.1) is 0 Å². The van der Waals surface area contributed by atoms with Crippen LogP contribution in [0.5, 0.6) is 0 Å². The van der Waals surface area contributed by atoms with Gasteiger partial charge in [-0.05, 0) is 20.2 Å². The molecule has 0 aliphatic carbocycles. The van der Waals surface area contributed by atoms with Crippen LogP contribution in [0.25, 0.3) is 0 Å². The van der Waals surface area contributed by atoms with E-state index in [9.17, 15) is 0 Å². The molecule has 66 valence electrons. The predicted molar refractivity (Wildman–Crippen MR) is 49.1 cm³/mol. The lowest BCUT2D eigenvalue weighted by atomic mass is 10.5. The average molecular weight is 166 g/mol. The summed E-state index contributed by atoms with van der Waals surface area (Å²) in [5, 5.41) is 3.18. The molecule has 12 heavy (non-hydrogen) atoms. The highest BCUT2D eigenvalue weighted by Crippen LogP contribution is 1.95. The summed E-state index contributed by atoms with van der Waals surface area (Å²) in [6.45, 7) is 1.91. The van der Waals surface area contributed by atoms with Crippen molar-refractivity contribution in [1.82, 2.24) is 14.9 Å². The summed E-state index contributed by atoms with van der Waals surface area (Å²) in [7, 11) is 4.09. The van der Waals surface area contributed by atoms with Crippen molar-refractivity contribution < 1.29 is 0 Å². The van der Waals surface area contributed by atoms with Crippen molar-refractivity contribution in [2.45, 2.75) is 0 Å². The molecule has 1 heterocycles. The summed E-state index contributed by atoms with van der Waals surface area (Å²) in [5.41, 5.74) is 0. The van der Waals surface area contributed by atoms with Crippen LogP contribution in [0.2, 0.25) is 0 Å². The summed E-state index contributed by atoms with van der Waals surface area (Å²) < 4.78 is 0. The molecule has 0 saturated carbocycles. The fourth-order valence-electron chi connectivity index (χ4n) is 0.803. The normalized spacial score (nSPS) is 10.2. The quantitative estimate of drug-likeness (QED) is 0.705. The van der Waals surface area contributed by atoms with Gasteiger partial charge in [0.2, 0.25) is 0 Å². The van der Waals surface area contributed by atoms with Crippen molar-refractivity contribution in [3.05, 3.63) is 18.6 Å². The van der Waals surface area contributed by atoms with Gasteiger partial charge in [-0.15, -0.1) is 0 Å². The molecule has 1 aromatic heterocycles. The molecule has 0 radical (unpaired) electrons. The second kappa shape index (κ2) is 4.66. The van der Waals surface area contributed by atoms with Crippen molar-refractivity contribution in [3.8, 4) is 0 Å². The van der Waals surface area contributed by atoms with Crippen LogP contribution in [0.4, 0.5) is 5.82 Å². The molecule has 1 rings (SSSR count). The minimum absolute atomic E-state index is 0.881. The second-order valence-electron chi connectivity index (χ2n) is 2.82. The zero-order valence-corrected chi connectivity index (χ0v) is 7.49. The number of rotatable bonds is 4. The molecule has 0 aromatic carbocycles. The lowest BCUT2D eigenvalue weighted by molar-refractivity contribution is 0.425. The van der Waals surface area contributed by atoms with E-state index in [0.717, 1.165) is 18.9 Å². The van der Waals surface area contributed by atoms with Gasteiger partial charge in [0.25, 0.3) is 0 Å². The van der Waals surface area contributed by atoms with Crippen molar-refractivity contribution in [1.29, 1.82) is 0 Å². The van der Waals surface area contributed by atoms with E-state index in [-0.39, 0.29) is 0 Å². The Morgan fingerprint density at radius 1 is 1.50 bits per heavy atom. The maximum Gasteiger partial charge on any atom is 0.129 e. The van der Waals surface area contributed by atoms with Gasteiger partial charge >= 0.3 is 0 Å². The molecule has 0 amide bonds. The Kier molecular flexibility index (Phi) is 3.47. The molecule has 1 aromatic rings. The van der Waals surface area contributed by atoms with Gasteiger partial charge in [0.15, 0.2) is 0 Å². The number of anilines is 1. The van der Waals surface area contributed by atoms with Gasteiger partial charge in [0, 0.05) is 19.3 Å². The zero-order valence-electron chi connectivity index (χ0n) is 7.49. The molecule has 1 N–H and O–H groups in total. The highest BCUT2D eigenvalue weighted by atomic mass is 15.1. The van der Waals surface area contributed by atoms with Gasteiger partial charge in [-0.3, -0.25) is 0 Å². The van der Waals surface area contributed by atoms with Crippen LogP contribution >= 0.6 is 0 Å².